The zero-order valence-corrected chi connectivity index (χ0v) is 10.6. The fourth-order valence-electron chi connectivity index (χ4n) is 1.54. The first-order chi connectivity index (χ1) is 8.45. The highest BCUT2D eigenvalue weighted by molar-refractivity contribution is 9.10. The minimum atomic E-state index is -1.35. The van der Waals surface area contributed by atoms with E-state index in [0.29, 0.717) is 0 Å². The molecule has 0 atom stereocenters. The van der Waals surface area contributed by atoms with Crippen LogP contribution in [0.25, 0.3) is 10.9 Å². The molecule has 0 unspecified atom stereocenters. The number of aromatic nitrogens is 1. The summed E-state index contributed by atoms with van der Waals surface area (Å²) in [5, 5.41) is 8.64. The number of carboxylic acid groups (broad SMARTS) is 1. The lowest BCUT2D eigenvalue weighted by Gasteiger charge is -2.09. The highest BCUT2D eigenvalue weighted by Crippen LogP contribution is 2.33. The van der Waals surface area contributed by atoms with Crippen LogP contribution >= 0.6 is 15.9 Å². The van der Waals surface area contributed by atoms with Gasteiger partial charge < -0.3 is 9.84 Å². The van der Waals surface area contributed by atoms with Gasteiger partial charge in [0.2, 0.25) is 0 Å². The van der Waals surface area contributed by atoms with Crippen LogP contribution in [-0.2, 0) is 0 Å². The summed E-state index contributed by atoms with van der Waals surface area (Å²) < 4.78 is 32.3. The Labute approximate surface area is 108 Å². The van der Waals surface area contributed by atoms with Crippen molar-refractivity contribution in [3.8, 4) is 5.75 Å². The van der Waals surface area contributed by atoms with Gasteiger partial charge in [0, 0.05) is 6.07 Å². The number of nitrogens with zero attached hydrogens (tertiary/aromatic N) is 1. The predicted octanol–water partition coefficient (Wildman–Crippen LogP) is 2.98. The van der Waals surface area contributed by atoms with Crippen LogP contribution in [0.15, 0.2) is 16.6 Å². The number of aromatic carboxylic acids is 1. The molecule has 7 heteroatoms. The molecule has 0 saturated carbocycles. The number of ether oxygens (including phenoxy) is 1. The minimum absolute atomic E-state index is 0.0873. The quantitative estimate of drug-likeness (QED) is 0.865. The van der Waals surface area contributed by atoms with Crippen molar-refractivity contribution in [1.29, 1.82) is 0 Å². The molecule has 0 fully saturated rings. The summed E-state index contributed by atoms with van der Waals surface area (Å²) in [4.78, 5) is 14.4. The molecule has 2 aromatic rings. The topological polar surface area (TPSA) is 59.4 Å². The van der Waals surface area contributed by atoms with Crippen molar-refractivity contribution in [2.75, 3.05) is 7.11 Å². The van der Waals surface area contributed by atoms with E-state index >= 15 is 0 Å². The number of pyridine rings is 1. The summed E-state index contributed by atoms with van der Waals surface area (Å²) in [6.45, 7) is 0. The van der Waals surface area contributed by atoms with Crippen LogP contribution in [-0.4, -0.2) is 23.2 Å². The molecule has 1 aromatic heterocycles. The summed E-state index contributed by atoms with van der Waals surface area (Å²) >= 11 is 2.86. The Morgan fingerprint density at radius 2 is 2.11 bits per heavy atom. The van der Waals surface area contributed by atoms with Gasteiger partial charge in [-0.2, -0.15) is 0 Å². The van der Waals surface area contributed by atoms with E-state index < -0.39 is 23.3 Å². The lowest BCUT2D eigenvalue weighted by atomic mass is 10.1. The van der Waals surface area contributed by atoms with Gasteiger partial charge in [0.25, 0.3) is 0 Å². The fourth-order valence-corrected chi connectivity index (χ4v) is 1.94. The Morgan fingerprint density at radius 3 is 2.67 bits per heavy atom. The van der Waals surface area contributed by atoms with Crippen LogP contribution in [0.4, 0.5) is 8.78 Å². The van der Waals surface area contributed by atoms with Crippen LogP contribution in [0.1, 0.15) is 10.5 Å². The number of fused-ring (bicyclic) bond motifs is 1. The maximum atomic E-state index is 13.9. The third-order valence-electron chi connectivity index (χ3n) is 2.33. The lowest BCUT2D eigenvalue weighted by molar-refractivity contribution is 0.0690. The highest BCUT2D eigenvalue weighted by Gasteiger charge is 2.19. The molecule has 18 heavy (non-hydrogen) atoms. The van der Waals surface area contributed by atoms with Crippen molar-refractivity contribution < 1.29 is 23.4 Å². The summed E-state index contributed by atoms with van der Waals surface area (Å²) in [5.74, 6) is -3.03. The van der Waals surface area contributed by atoms with Crippen LogP contribution in [0.2, 0.25) is 0 Å². The average Bonchev–Trinajstić information content (AvgIpc) is 2.34. The van der Waals surface area contributed by atoms with Crippen LogP contribution in [0, 0.1) is 11.6 Å². The standard InChI is InChI=1S/C11H6BrF2NO3/c1-18-7-3-6(11(16)17)15-10-5(13)2-4(12)9(14)8(7)10/h2-3H,1H3,(H,16,17). The van der Waals surface area contributed by atoms with Crippen LogP contribution in [0.3, 0.4) is 0 Å². The molecular formula is C11H6BrF2NO3. The molecular weight excluding hydrogens is 312 g/mol. The normalized spacial score (nSPS) is 10.7. The van der Waals surface area contributed by atoms with E-state index in [-0.39, 0.29) is 21.1 Å². The molecule has 0 spiro atoms. The minimum Gasteiger partial charge on any atom is -0.496 e. The first kappa shape index (κ1) is 12.7. The Hall–Kier alpha value is -1.76. The zero-order valence-electron chi connectivity index (χ0n) is 9.00. The van der Waals surface area contributed by atoms with Gasteiger partial charge in [-0.3, -0.25) is 0 Å². The lowest BCUT2D eigenvalue weighted by Crippen LogP contribution is -2.04. The van der Waals surface area contributed by atoms with Crippen LogP contribution in [0.5, 0.6) is 5.75 Å². The highest BCUT2D eigenvalue weighted by atomic mass is 79.9. The Bertz CT molecular complexity index is 661. The Morgan fingerprint density at radius 1 is 1.44 bits per heavy atom. The van der Waals surface area contributed by atoms with Gasteiger partial charge in [0.15, 0.2) is 17.3 Å². The molecule has 4 nitrogen and oxygen atoms in total. The van der Waals surface area contributed by atoms with Gasteiger partial charge in [0.1, 0.15) is 11.3 Å². The first-order valence-corrected chi connectivity index (χ1v) is 5.50. The third kappa shape index (κ3) is 1.90. The predicted molar refractivity (Wildman–Crippen MR) is 62.9 cm³/mol. The van der Waals surface area contributed by atoms with E-state index in [1.807, 2.05) is 0 Å². The number of rotatable bonds is 2. The monoisotopic (exact) mass is 317 g/mol. The maximum Gasteiger partial charge on any atom is 0.354 e. The van der Waals surface area contributed by atoms with Gasteiger partial charge in [-0.15, -0.1) is 0 Å². The fraction of sp³-hybridized carbons (Fsp3) is 0.0909. The number of carboxylic acids is 1. The molecule has 0 aliphatic heterocycles. The summed E-state index contributed by atoms with van der Waals surface area (Å²) in [7, 11) is 1.23. The van der Waals surface area contributed by atoms with E-state index in [4.69, 9.17) is 9.84 Å². The number of hydrogen-bond donors (Lipinski definition) is 1. The Kier molecular flexibility index (Phi) is 3.16. The van der Waals surface area contributed by atoms with Crippen molar-refractivity contribution in [2.24, 2.45) is 0 Å². The number of methoxy groups -OCH3 is 1. The molecule has 1 aromatic carbocycles. The third-order valence-corrected chi connectivity index (χ3v) is 2.91. The van der Waals surface area contributed by atoms with E-state index in [2.05, 4.69) is 20.9 Å². The molecule has 0 radical (unpaired) electrons. The van der Waals surface area contributed by atoms with Gasteiger partial charge in [-0.25, -0.2) is 18.6 Å². The molecule has 0 amide bonds. The van der Waals surface area contributed by atoms with E-state index in [1.165, 1.54) is 7.11 Å². The first-order valence-electron chi connectivity index (χ1n) is 4.71. The molecule has 1 heterocycles. The Balaban J connectivity index is 2.96. The van der Waals surface area contributed by atoms with E-state index in [1.54, 1.807) is 0 Å². The number of benzene rings is 1. The molecule has 0 aliphatic rings. The van der Waals surface area contributed by atoms with Gasteiger partial charge >= 0.3 is 5.97 Å². The van der Waals surface area contributed by atoms with Crippen molar-refractivity contribution >= 4 is 32.8 Å². The van der Waals surface area contributed by atoms with Crippen molar-refractivity contribution in [2.45, 2.75) is 0 Å². The van der Waals surface area contributed by atoms with Crippen molar-refractivity contribution in [3.05, 3.63) is 33.9 Å². The molecule has 0 saturated heterocycles. The summed E-state index contributed by atoms with van der Waals surface area (Å²) in [5.41, 5.74) is -0.799. The number of halogens is 3. The second kappa shape index (κ2) is 4.49. The summed E-state index contributed by atoms with van der Waals surface area (Å²) in [6, 6.07) is 1.93. The van der Waals surface area contributed by atoms with E-state index in [0.717, 1.165) is 12.1 Å². The van der Waals surface area contributed by atoms with Crippen molar-refractivity contribution in [3.63, 3.8) is 0 Å². The molecule has 1 N–H and O–H groups in total. The molecule has 2 rings (SSSR count). The van der Waals surface area contributed by atoms with Gasteiger partial charge in [0.05, 0.1) is 17.0 Å². The smallest absolute Gasteiger partial charge is 0.354 e. The molecule has 94 valence electrons. The number of hydrogen-bond acceptors (Lipinski definition) is 3. The second-order valence-electron chi connectivity index (χ2n) is 3.39. The SMILES string of the molecule is COc1cc(C(=O)O)nc2c(F)cc(Br)c(F)c12. The van der Waals surface area contributed by atoms with E-state index in [9.17, 15) is 13.6 Å². The molecule has 0 aliphatic carbocycles. The largest absolute Gasteiger partial charge is 0.496 e. The average molecular weight is 318 g/mol. The molecule has 0 bridgehead atoms. The number of carbonyl (C=O) groups is 1. The van der Waals surface area contributed by atoms with Gasteiger partial charge in [-0.1, -0.05) is 0 Å². The zero-order chi connectivity index (χ0) is 13.4. The maximum absolute atomic E-state index is 13.9. The van der Waals surface area contributed by atoms with Gasteiger partial charge in [-0.05, 0) is 22.0 Å². The van der Waals surface area contributed by atoms with Crippen molar-refractivity contribution in [1.82, 2.24) is 4.98 Å². The second-order valence-corrected chi connectivity index (χ2v) is 4.25. The summed E-state index contributed by atoms with van der Waals surface area (Å²) in [6.07, 6.45) is 0. The van der Waals surface area contributed by atoms with Crippen LogP contribution < -0.4 is 4.74 Å².